The van der Waals surface area contributed by atoms with Gasteiger partial charge in [-0.25, -0.2) is 0 Å². The van der Waals surface area contributed by atoms with E-state index < -0.39 is 0 Å². The largest absolute Gasteiger partial charge is 0.484 e. The maximum atomic E-state index is 12.5. The number of carbonyl (C=O) groups is 2. The Kier molecular flexibility index (Phi) is 5.11. The first kappa shape index (κ1) is 17.3. The van der Waals surface area contributed by atoms with Crippen LogP contribution in [0.1, 0.15) is 42.5 Å². The van der Waals surface area contributed by atoms with Crippen LogP contribution in [0.3, 0.4) is 0 Å². The lowest BCUT2D eigenvalue weighted by molar-refractivity contribution is -0.134. The molecule has 3 fully saturated rings. The minimum absolute atomic E-state index is 0.0151. The summed E-state index contributed by atoms with van der Waals surface area (Å²) in [6, 6.07) is 7.26. The maximum absolute atomic E-state index is 12.5. The van der Waals surface area contributed by atoms with Crippen molar-refractivity contribution in [2.24, 2.45) is 5.92 Å². The molecule has 0 aromatic heterocycles. The molecule has 2 aliphatic heterocycles. The minimum Gasteiger partial charge on any atom is -0.484 e. The first-order valence-electron chi connectivity index (χ1n) is 9.64. The van der Waals surface area contributed by atoms with Crippen molar-refractivity contribution in [3.8, 4) is 5.75 Å². The van der Waals surface area contributed by atoms with Gasteiger partial charge in [0.25, 0.3) is 11.8 Å². The molecular formula is C20H26N2O4. The fourth-order valence-corrected chi connectivity index (χ4v) is 4.12. The van der Waals surface area contributed by atoms with E-state index in [4.69, 9.17) is 9.47 Å². The van der Waals surface area contributed by atoms with Gasteiger partial charge >= 0.3 is 0 Å². The average Bonchev–Trinajstić information content (AvgIpc) is 3.05. The van der Waals surface area contributed by atoms with Crippen molar-refractivity contribution in [1.82, 2.24) is 10.2 Å². The fraction of sp³-hybridized carbons (Fsp3) is 0.600. The second-order valence-corrected chi connectivity index (χ2v) is 7.44. The number of likely N-dealkylation sites (tertiary alicyclic amines) is 1. The van der Waals surface area contributed by atoms with Crippen molar-refractivity contribution in [2.45, 2.75) is 44.2 Å². The first-order chi connectivity index (χ1) is 12.7. The second-order valence-electron chi connectivity index (χ2n) is 7.44. The van der Waals surface area contributed by atoms with E-state index >= 15 is 0 Å². The van der Waals surface area contributed by atoms with Crippen LogP contribution in [0.25, 0.3) is 0 Å². The molecule has 0 radical (unpaired) electrons. The molecule has 2 saturated heterocycles. The number of fused-ring (bicyclic) bond motifs is 1. The lowest BCUT2D eigenvalue weighted by atomic mass is 9.76. The average molecular weight is 358 g/mol. The Labute approximate surface area is 153 Å². The van der Waals surface area contributed by atoms with Gasteiger partial charge in [0, 0.05) is 37.2 Å². The smallest absolute Gasteiger partial charge is 0.260 e. The van der Waals surface area contributed by atoms with E-state index in [-0.39, 0.29) is 24.5 Å². The van der Waals surface area contributed by atoms with Crippen molar-refractivity contribution < 1.29 is 19.1 Å². The number of piperidine rings is 1. The Balaban J connectivity index is 1.29. The summed E-state index contributed by atoms with van der Waals surface area (Å²) in [5.41, 5.74) is 0.565. The molecule has 26 heavy (non-hydrogen) atoms. The second kappa shape index (κ2) is 7.66. The molecule has 1 N–H and O–H groups in total. The van der Waals surface area contributed by atoms with Gasteiger partial charge in [0.05, 0.1) is 6.10 Å². The minimum atomic E-state index is -0.0897. The van der Waals surface area contributed by atoms with Crippen LogP contribution in [-0.4, -0.2) is 55.2 Å². The molecule has 0 bridgehead atoms. The highest BCUT2D eigenvalue weighted by Gasteiger charge is 2.45. The Morgan fingerprint density at radius 1 is 1.23 bits per heavy atom. The third-order valence-electron chi connectivity index (χ3n) is 5.75. The van der Waals surface area contributed by atoms with E-state index in [1.165, 1.54) is 6.42 Å². The third kappa shape index (κ3) is 3.70. The number of amides is 2. The summed E-state index contributed by atoms with van der Waals surface area (Å²) in [4.78, 5) is 26.5. The van der Waals surface area contributed by atoms with Gasteiger partial charge in [0.15, 0.2) is 6.61 Å². The Morgan fingerprint density at radius 3 is 2.88 bits per heavy atom. The summed E-state index contributed by atoms with van der Waals surface area (Å²) in [6.45, 7) is 2.46. The molecule has 2 amide bonds. The van der Waals surface area contributed by atoms with E-state index in [2.05, 4.69) is 5.32 Å². The Morgan fingerprint density at radius 2 is 2.08 bits per heavy atom. The van der Waals surface area contributed by atoms with Crippen LogP contribution in [0.15, 0.2) is 24.3 Å². The molecular weight excluding hydrogens is 332 g/mol. The Hall–Kier alpha value is -2.08. The number of nitrogens with one attached hydrogen (secondary N) is 1. The lowest BCUT2D eigenvalue weighted by Gasteiger charge is -2.39. The molecule has 1 aromatic rings. The number of ether oxygens (including phenoxy) is 2. The van der Waals surface area contributed by atoms with Crippen molar-refractivity contribution in [2.75, 3.05) is 26.3 Å². The predicted molar refractivity (Wildman–Crippen MR) is 96.1 cm³/mol. The van der Waals surface area contributed by atoms with Crippen molar-refractivity contribution in [3.05, 3.63) is 29.8 Å². The summed E-state index contributed by atoms with van der Waals surface area (Å²) in [7, 11) is 0. The molecule has 3 aliphatic rings. The highest BCUT2D eigenvalue weighted by molar-refractivity contribution is 5.94. The van der Waals surface area contributed by atoms with Gasteiger partial charge in [-0.2, -0.15) is 0 Å². The normalized spacial score (nSPS) is 27.4. The molecule has 3 atom stereocenters. The molecule has 6 heteroatoms. The standard InChI is InChI=1S/C20H26N2O4/c23-19(22-8-2-1-3-9-22)13-26-15-6-4-5-14(11-15)20(24)21-17-12-18-16(17)7-10-25-18/h4-6,11,16-18H,1-3,7-10,12-13H2,(H,21,24)/t16-,17+,18+/m1/s1. The van der Waals surface area contributed by atoms with Crippen LogP contribution in [0, 0.1) is 5.92 Å². The first-order valence-corrected chi connectivity index (χ1v) is 9.64. The summed E-state index contributed by atoms with van der Waals surface area (Å²) in [5, 5.41) is 3.10. The van der Waals surface area contributed by atoms with Gasteiger partial charge in [0.2, 0.25) is 0 Å². The third-order valence-corrected chi connectivity index (χ3v) is 5.75. The number of rotatable bonds is 5. The highest BCUT2D eigenvalue weighted by atomic mass is 16.5. The number of hydrogen-bond acceptors (Lipinski definition) is 4. The van der Waals surface area contributed by atoms with Crippen molar-refractivity contribution in [1.29, 1.82) is 0 Å². The number of hydrogen-bond donors (Lipinski definition) is 1. The van der Waals surface area contributed by atoms with Crippen LogP contribution < -0.4 is 10.1 Å². The van der Waals surface area contributed by atoms with E-state index in [0.29, 0.717) is 23.3 Å². The van der Waals surface area contributed by atoms with E-state index in [9.17, 15) is 9.59 Å². The summed E-state index contributed by atoms with van der Waals surface area (Å²) >= 11 is 0. The van der Waals surface area contributed by atoms with Gasteiger partial charge in [-0.05, 0) is 50.3 Å². The van der Waals surface area contributed by atoms with Crippen molar-refractivity contribution in [3.63, 3.8) is 0 Å². The van der Waals surface area contributed by atoms with Crippen LogP contribution in [0.4, 0.5) is 0 Å². The fourth-order valence-electron chi connectivity index (χ4n) is 4.12. The SMILES string of the molecule is O=C(N[C@H]1C[C@@H]2OCC[C@H]12)c1cccc(OCC(=O)N2CCCCC2)c1. The van der Waals surface area contributed by atoms with Crippen LogP contribution >= 0.6 is 0 Å². The maximum Gasteiger partial charge on any atom is 0.260 e. The van der Waals surface area contributed by atoms with Gasteiger partial charge in [-0.3, -0.25) is 9.59 Å². The lowest BCUT2D eigenvalue weighted by Crippen LogP contribution is -2.53. The summed E-state index contributed by atoms with van der Waals surface area (Å²) in [6.07, 6.45) is 5.58. The zero-order chi connectivity index (χ0) is 17.9. The van der Waals surface area contributed by atoms with E-state index in [1.54, 1.807) is 24.3 Å². The van der Waals surface area contributed by atoms with Crippen molar-refractivity contribution >= 4 is 11.8 Å². The zero-order valence-electron chi connectivity index (χ0n) is 15.0. The molecule has 1 saturated carbocycles. The molecule has 2 heterocycles. The number of carbonyl (C=O) groups excluding carboxylic acids is 2. The molecule has 4 rings (SSSR count). The Bertz CT molecular complexity index is 672. The molecule has 6 nitrogen and oxygen atoms in total. The summed E-state index contributed by atoms with van der Waals surface area (Å²) < 4.78 is 11.2. The monoisotopic (exact) mass is 358 g/mol. The molecule has 1 aliphatic carbocycles. The topological polar surface area (TPSA) is 67.9 Å². The zero-order valence-corrected chi connectivity index (χ0v) is 15.0. The quantitative estimate of drug-likeness (QED) is 0.874. The van der Waals surface area contributed by atoms with Crippen LogP contribution in [-0.2, 0) is 9.53 Å². The highest BCUT2D eigenvalue weighted by Crippen LogP contribution is 2.38. The van der Waals surface area contributed by atoms with Crippen LogP contribution in [0.2, 0.25) is 0 Å². The molecule has 1 aromatic carbocycles. The summed E-state index contributed by atoms with van der Waals surface area (Å²) in [5.74, 6) is 0.939. The van der Waals surface area contributed by atoms with Gasteiger partial charge < -0.3 is 19.7 Å². The molecule has 0 unspecified atom stereocenters. The van der Waals surface area contributed by atoms with Gasteiger partial charge in [-0.1, -0.05) is 6.07 Å². The molecule has 0 spiro atoms. The number of benzene rings is 1. The van der Waals surface area contributed by atoms with E-state index in [0.717, 1.165) is 45.4 Å². The number of nitrogens with zero attached hydrogens (tertiary/aromatic N) is 1. The van der Waals surface area contributed by atoms with Gasteiger partial charge in [-0.15, -0.1) is 0 Å². The molecule has 140 valence electrons. The van der Waals surface area contributed by atoms with E-state index in [1.807, 2.05) is 4.90 Å². The predicted octanol–water partition coefficient (Wildman–Crippen LogP) is 1.99. The van der Waals surface area contributed by atoms with Crippen LogP contribution in [0.5, 0.6) is 5.75 Å². The van der Waals surface area contributed by atoms with Gasteiger partial charge in [0.1, 0.15) is 5.75 Å².